The Morgan fingerprint density at radius 3 is 2.56 bits per heavy atom. The first-order valence-electron chi connectivity index (χ1n) is 5.36. The smallest absolute Gasteiger partial charge is 0.174 e. The number of hydrogen-bond donors (Lipinski definition) is 2. The van der Waals surface area contributed by atoms with Crippen molar-refractivity contribution >= 4 is 23.1 Å². The highest BCUT2D eigenvalue weighted by molar-refractivity contribution is 8.01. The Bertz CT molecular complexity index is 317. The predicted molar refractivity (Wildman–Crippen MR) is 68.8 cm³/mol. The molecule has 0 aliphatic heterocycles. The summed E-state index contributed by atoms with van der Waals surface area (Å²) >= 11 is 3.07. The Labute approximate surface area is 105 Å². The van der Waals surface area contributed by atoms with Crippen LogP contribution in [0.2, 0.25) is 0 Å². The summed E-state index contributed by atoms with van der Waals surface area (Å²) in [7, 11) is 0. The maximum Gasteiger partial charge on any atom is 0.174 e. The minimum atomic E-state index is -0.000735. The fourth-order valence-electron chi connectivity index (χ4n) is 1.41. The van der Waals surface area contributed by atoms with Gasteiger partial charge >= 0.3 is 0 Å². The van der Waals surface area contributed by atoms with Crippen LogP contribution in [0, 0.1) is 12.8 Å². The van der Waals surface area contributed by atoms with Gasteiger partial charge in [0.2, 0.25) is 0 Å². The van der Waals surface area contributed by atoms with Crippen LogP contribution in [0.5, 0.6) is 0 Å². The third-order valence-electron chi connectivity index (χ3n) is 2.16. The second-order valence-electron chi connectivity index (χ2n) is 4.22. The summed E-state index contributed by atoms with van der Waals surface area (Å²) in [5.41, 5.74) is 6.06. The van der Waals surface area contributed by atoms with E-state index in [1.54, 1.807) is 11.3 Å². The van der Waals surface area contributed by atoms with Gasteiger partial charge in [0.1, 0.15) is 5.01 Å². The Balaban J connectivity index is 2.54. The lowest BCUT2D eigenvalue weighted by atomic mass is 10.0. The van der Waals surface area contributed by atoms with Gasteiger partial charge in [0.15, 0.2) is 4.34 Å². The zero-order chi connectivity index (χ0) is 12.1. The first-order chi connectivity index (χ1) is 7.52. The van der Waals surface area contributed by atoms with Crippen LogP contribution in [0.3, 0.4) is 0 Å². The molecule has 92 valence electrons. The van der Waals surface area contributed by atoms with Gasteiger partial charge < -0.3 is 10.8 Å². The number of aryl methyl sites for hydroxylation is 1. The molecule has 1 aromatic heterocycles. The molecule has 3 N–H and O–H groups in total. The molecular formula is C10H19N3OS2. The molecule has 2 atom stereocenters. The van der Waals surface area contributed by atoms with Crippen molar-refractivity contribution in [3.63, 3.8) is 0 Å². The number of aliphatic hydroxyl groups excluding tert-OH is 1. The van der Waals surface area contributed by atoms with Gasteiger partial charge in [-0.1, -0.05) is 36.9 Å². The summed E-state index contributed by atoms with van der Waals surface area (Å²) in [5, 5.41) is 18.3. The number of rotatable bonds is 6. The molecule has 1 aromatic rings. The van der Waals surface area contributed by atoms with Crippen molar-refractivity contribution in [3.05, 3.63) is 5.01 Å². The Morgan fingerprint density at radius 1 is 1.44 bits per heavy atom. The third-order valence-corrected chi connectivity index (χ3v) is 4.42. The lowest BCUT2D eigenvalue weighted by Gasteiger charge is -2.21. The van der Waals surface area contributed by atoms with Crippen LogP contribution in [-0.2, 0) is 0 Å². The summed E-state index contributed by atoms with van der Waals surface area (Å²) in [6.45, 7) is 6.27. The fourth-order valence-corrected chi connectivity index (χ4v) is 3.46. The molecule has 0 saturated carbocycles. The first kappa shape index (κ1) is 13.9. The van der Waals surface area contributed by atoms with E-state index in [1.165, 1.54) is 11.8 Å². The van der Waals surface area contributed by atoms with Gasteiger partial charge in [-0.25, -0.2) is 0 Å². The second kappa shape index (κ2) is 6.54. The largest absolute Gasteiger partial charge is 0.395 e. The summed E-state index contributed by atoms with van der Waals surface area (Å²) in [4.78, 5) is 0. The zero-order valence-corrected chi connectivity index (χ0v) is 11.5. The summed E-state index contributed by atoms with van der Waals surface area (Å²) in [6.07, 6.45) is 0.913. The molecular weight excluding hydrogens is 242 g/mol. The lowest BCUT2D eigenvalue weighted by molar-refractivity contribution is 0.275. The van der Waals surface area contributed by atoms with Crippen molar-refractivity contribution < 1.29 is 5.11 Å². The molecule has 0 aromatic carbocycles. The van der Waals surface area contributed by atoms with E-state index in [-0.39, 0.29) is 17.9 Å². The summed E-state index contributed by atoms with van der Waals surface area (Å²) in [5.74, 6) is 0.542. The van der Waals surface area contributed by atoms with Crippen molar-refractivity contribution in [1.82, 2.24) is 10.2 Å². The van der Waals surface area contributed by atoms with E-state index in [1.807, 2.05) is 6.92 Å². The molecule has 0 spiro atoms. The predicted octanol–water partition coefficient (Wildman–Crippen LogP) is 1.67. The molecule has 1 heterocycles. The molecule has 2 unspecified atom stereocenters. The highest BCUT2D eigenvalue weighted by atomic mass is 32.2. The molecule has 16 heavy (non-hydrogen) atoms. The highest BCUT2D eigenvalue weighted by Gasteiger charge is 2.20. The number of hydrogen-bond acceptors (Lipinski definition) is 6. The van der Waals surface area contributed by atoms with Gasteiger partial charge in [0, 0.05) is 6.04 Å². The summed E-state index contributed by atoms with van der Waals surface area (Å²) in [6, 6.07) is -0.000735. The van der Waals surface area contributed by atoms with Crippen molar-refractivity contribution in [2.24, 2.45) is 11.7 Å². The number of aliphatic hydroxyl groups is 1. The van der Waals surface area contributed by atoms with Crippen molar-refractivity contribution in [3.8, 4) is 0 Å². The van der Waals surface area contributed by atoms with Crippen molar-refractivity contribution in [2.45, 2.75) is 42.8 Å². The fraction of sp³-hybridized carbons (Fsp3) is 0.800. The van der Waals surface area contributed by atoms with Crippen LogP contribution >= 0.6 is 23.1 Å². The molecule has 0 saturated heterocycles. The van der Waals surface area contributed by atoms with Crippen LogP contribution in [0.25, 0.3) is 0 Å². The Hall–Kier alpha value is -0.170. The van der Waals surface area contributed by atoms with Gasteiger partial charge in [0.25, 0.3) is 0 Å². The monoisotopic (exact) mass is 261 g/mol. The molecule has 6 heteroatoms. The van der Waals surface area contributed by atoms with Gasteiger partial charge in [-0.15, -0.1) is 10.2 Å². The molecule has 1 rings (SSSR count). The maximum atomic E-state index is 9.33. The van der Waals surface area contributed by atoms with Crippen LogP contribution in [0.4, 0.5) is 0 Å². The molecule has 0 bridgehead atoms. The number of nitrogens with two attached hydrogens (primary N) is 1. The van der Waals surface area contributed by atoms with Crippen LogP contribution in [0.1, 0.15) is 25.3 Å². The van der Waals surface area contributed by atoms with Gasteiger partial charge in [-0.2, -0.15) is 0 Å². The summed E-state index contributed by atoms with van der Waals surface area (Å²) < 4.78 is 0.885. The van der Waals surface area contributed by atoms with E-state index in [0.29, 0.717) is 5.92 Å². The van der Waals surface area contributed by atoms with Gasteiger partial charge in [-0.3, -0.25) is 0 Å². The third kappa shape index (κ3) is 4.37. The average Bonchev–Trinajstić information content (AvgIpc) is 2.59. The van der Waals surface area contributed by atoms with E-state index in [2.05, 4.69) is 24.0 Å². The van der Waals surface area contributed by atoms with Crippen molar-refractivity contribution in [2.75, 3.05) is 6.61 Å². The topological polar surface area (TPSA) is 72.0 Å². The van der Waals surface area contributed by atoms with E-state index in [0.717, 1.165) is 15.8 Å². The Kier molecular flexibility index (Phi) is 5.68. The normalized spacial score (nSPS) is 15.4. The van der Waals surface area contributed by atoms with E-state index < -0.39 is 0 Å². The minimum absolute atomic E-state index is 0.000735. The molecule has 0 aliphatic rings. The SMILES string of the molecule is Cc1nnc(SC(CO)C(N)CC(C)C)s1. The lowest BCUT2D eigenvalue weighted by Crippen LogP contribution is -2.36. The molecule has 0 radical (unpaired) electrons. The van der Waals surface area contributed by atoms with Gasteiger partial charge in [0.05, 0.1) is 11.9 Å². The first-order valence-corrected chi connectivity index (χ1v) is 7.05. The van der Waals surface area contributed by atoms with Gasteiger partial charge in [-0.05, 0) is 19.3 Å². The van der Waals surface area contributed by atoms with E-state index >= 15 is 0 Å². The average molecular weight is 261 g/mol. The molecule has 0 amide bonds. The molecule has 0 fully saturated rings. The van der Waals surface area contributed by atoms with E-state index in [4.69, 9.17) is 5.73 Å². The van der Waals surface area contributed by atoms with Crippen LogP contribution in [-0.4, -0.2) is 33.2 Å². The number of aromatic nitrogens is 2. The quantitative estimate of drug-likeness (QED) is 0.762. The molecule has 4 nitrogen and oxygen atoms in total. The van der Waals surface area contributed by atoms with Crippen LogP contribution < -0.4 is 5.73 Å². The van der Waals surface area contributed by atoms with Crippen LogP contribution in [0.15, 0.2) is 4.34 Å². The minimum Gasteiger partial charge on any atom is -0.395 e. The second-order valence-corrected chi connectivity index (χ2v) is 6.89. The highest BCUT2D eigenvalue weighted by Crippen LogP contribution is 2.28. The maximum absolute atomic E-state index is 9.33. The van der Waals surface area contributed by atoms with E-state index in [9.17, 15) is 5.11 Å². The number of thioether (sulfide) groups is 1. The number of nitrogens with zero attached hydrogens (tertiary/aromatic N) is 2. The standard InChI is InChI=1S/C10H19N3OS2/c1-6(2)4-8(11)9(5-14)16-10-13-12-7(3)15-10/h6,8-9,14H,4-5,11H2,1-3H3. The molecule has 0 aliphatic carbocycles. The zero-order valence-electron chi connectivity index (χ0n) is 9.88. The Morgan fingerprint density at radius 2 is 2.12 bits per heavy atom. The van der Waals surface area contributed by atoms with Crippen molar-refractivity contribution in [1.29, 1.82) is 0 Å².